The molecule has 1 aliphatic heterocycles. The quantitative estimate of drug-likeness (QED) is 0.817. The zero-order chi connectivity index (χ0) is 13.9. The van der Waals surface area contributed by atoms with Crippen LogP contribution >= 0.6 is 0 Å². The number of aryl methyl sites for hydroxylation is 1. The van der Waals surface area contributed by atoms with Gasteiger partial charge in [0.15, 0.2) is 11.5 Å². The van der Waals surface area contributed by atoms with Gasteiger partial charge in [-0.1, -0.05) is 0 Å². The second-order valence-corrected chi connectivity index (χ2v) is 4.95. The number of benzene rings is 1. The highest BCUT2D eigenvalue weighted by atomic mass is 16.5. The number of hydrogen-bond donors (Lipinski definition) is 0. The fourth-order valence-electron chi connectivity index (χ4n) is 2.63. The summed E-state index contributed by atoms with van der Waals surface area (Å²) in [6.45, 7) is 3.40. The molecule has 1 aromatic rings. The van der Waals surface area contributed by atoms with E-state index in [1.54, 1.807) is 14.2 Å². The molecule has 1 aliphatic rings. The molecule has 0 atom stereocenters. The van der Waals surface area contributed by atoms with Crippen LogP contribution in [0.4, 0.5) is 0 Å². The molecule has 1 saturated heterocycles. The minimum atomic E-state index is -0.0423. The smallest absolute Gasteiger partial charge is 0.161 e. The first-order valence-corrected chi connectivity index (χ1v) is 6.34. The van der Waals surface area contributed by atoms with Crippen LogP contribution in [0.25, 0.3) is 0 Å². The van der Waals surface area contributed by atoms with Gasteiger partial charge in [0.1, 0.15) is 0 Å². The third-order valence-corrected chi connectivity index (χ3v) is 3.77. The first kappa shape index (κ1) is 13.7. The molecular weight excluding hydrogens is 242 g/mol. The van der Waals surface area contributed by atoms with Crippen LogP contribution in [-0.2, 0) is 10.2 Å². The Hall–Kier alpha value is -1.73. The van der Waals surface area contributed by atoms with Crippen molar-refractivity contribution in [3.05, 3.63) is 23.3 Å². The van der Waals surface area contributed by atoms with Gasteiger partial charge in [0, 0.05) is 11.8 Å². The van der Waals surface area contributed by atoms with E-state index < -0.39 is 0 Å². The van der Waals surface area contributed by atoms with Gasteiger partial charge in [-0.15, -0.1) is 0 Å². The highest BCUT2D eigenvalue weighted by molar-refractivity contribution is 5.50. The highest BCUT2D eigenvalue weighted by Crippen LogP contribution is 2.42. The average Bonchev–Trinajstić information content (AvgIpc) is 2.38. The summed E-state index contributed by atoms with van der Waals surface area (Å²) in [6, 6.07) is 6.23. The molecule has 0 radical (unpaired) electrons. The Balaban J connectivity index is 2.40. The lowest BCUT2D eigenvalue weighted by Crippen LogP contribution is -2.47. The van der Waals surface area contributed by atoms with Gasteiger partial charge in [0.05, 0.1) is 33.5 Å². The minimum Gasteiger partial charge on any atom is -0.493 e. The number of nitriles is 1. The fourth-order valence-corrected chi connectivity index (χ4v) is 2.63. The average molecular weight is 261 g/mol. The van der Waals surface area contributed by atoms with Crippen LogP contribution in [0.3, 0.4) is 0 Å². The highest BCUT2D eigenvalue weighted by Gasteiger charge is 2.41. The molecule has 4 heteroatoms. The van der Waals surface area contributed by atoms with Crippen molar-refractivity contribution in [3.8, 4) is 17.6 Å². The maximum atomic E-state index is 8.81. The summed E-state index contributed by atoms with van der Waals surface area (Å²) < 4.78 is 16.1. The number of nitrogens with zero attached hydrogens (tertiary/aromatic N) is 1. The van der Waals surface area contributed by atoms with Crippen molar-refractivity contribution < 1.29 is 14.2 Å². The SMILES string of the molecule is COc1cc(C)c(C2(CCC#N)COC2)cc1OC. The van der Waals surface area contributed by atoms with Gasteiger partial charge in [0.25, 0.3) is 0 Å². The van der Waals surface area contributed by atoms with Gasteiger partial charge in [-0.05, 0) is 36.6 Å². The lowest BCUT2D eigenvalue weighted by atomic mass is 9.73. The number of methoxy groups -OCH3 is 2. The van der Waals surface area contributed by atoms with Crippen molar-refractivity contribution in [1.82, 2.24) is 0 Å². The van der Waals surface area contributed by atoms with Crippen molar-refractivity contribution in [2.75, 3.05) is 27.4 Å². The second kappa shape index (κ2) is 5.50. The molecule has 19 heavy (non-hydrogen) atoms. The maximum absolute atomic E-state index is 8.81. The van der Waals surface area contributed by atoms with E-state index in [0.717, 1.165) is 23.5 Å². The zero-order valence-electron chi connectivity index (χ0n) is 11.7. The lowest BCUT2D eigenvalue weighted by molar-refractivity contribution is -0.0640. The molecule has 0 aromatic heterocycles. The molecule has 0 unspecified atom stereocenters. The molecule has 0 saturated carbocycles. The van der Waals surface area contributed by atoms with Crippen LogP contribution in [0, 0.1) is 18.3 Å². The van der Waals surface area contributed by atoms with Gasteiger partial charge in [-0.3, -0.25) is 0 Å². The molecule has 0 bridgehead atoms. The Kier molecular flexibility index (Phi) is 3.96. The molecule has 0 N–H and O–H groups in total. The predicted octanol–water partition coefficient (Wildman–Crippen LogP) is 2.58. The summed E-state index contributed by atoms with van der Waals surface area (Å²) in [5, 5.41) is 8.81. The van der Waals surface area contributed by atoms with E-state index in [1.807, 2.05) is 12.1 Å². The first-order chi connectivity index (χ1) is 9.16. The molecule has 2 rings (SSSR count). The topological polar surface area (TPSA) is 51.5 Å². The fraction of sp³-hybridized carbons (Fsp3) is 0.533. The molecule has 0 amide bonds. The van der Waals surface area contributed by atoms with Gasteiger partial charge in [0.2, 0.25) is 0 Å². The molecular formula is C15H19NO3. The molecule has 0 spiro atoms. The number of rotatable bonds is 5. The lowest BCUT2D eigenvalue weighted by Gasteiger charge is -2.42. The normalized spacial score (nSPS) is 16.3. The first-order valence-electron chi connectivity index (χ1n) is 6.34. The molecule has 1 fully saturated rings. The van der Waals surface area contributed by atoms with Crippen molar-refractivity contribution in [3.63, 3.8) is 0 Å². The van der Waals surface area contributed by atoms with Gasteiger partial charge >= 0.3 is 0 Å². The Bertz CT molecular complexity index is 501. The Morgan fingerprint density at radius 1 is 1.26 bits per heavy atom. The van der Waals surface area contributed by atoms with E-state index in [-0.39, 0.29) is 5.41 Å². The monoisotopic (exact) mass is 261 g/mol. The summed E-state index contributed by atoms with van der Waals surface area (Å²) in [5.41, 5.74) is 2.31. The molecule has 102 valence electrons. The van der Waals surface area contributed by atoms with E-state index in [4.69, 9.17) is 19.5 Å². The molecule has 0 aliphatic carbocycles. The van der Waals surface area contributed by atoms with Crippen LogP contribution in [0.15, 0.2) is 12.1 Å². The Morgan fingerprint density at radius 3 is 2.37 bits per heavy atom. The van der Waals surface area contributed by atoms with Crippen LogP contribution in [0.2, 0.25) is 0 Å². The number of ether oxygens (including phenoxy) is 3. The summed E-state index contributed by atoms with van der Waals surface area (Å²) in [4.78, 5) is 0. The summed E-state index contributed by atoms with van der Waals surface area (Å²) in [7, 11) is 3.27. The van der Waals surface area contributed by atoms with E-state index in [1.165, 1.54) is 5.56 Å². The Labute approximate surface area is 113 Å². The molecule has 1 aromatic carbocycles. The maximum Gasteiger partial charge on any atom is 0.161 e. The van der Waals surface area contributed by atoms with Crippen LogP contribution in [0.1, 0.15) is 24.0 Å². The third-order valence-electron chi connectivity index (χ3n) is 3.77. The molecule has 4 nitrogen and oxygen atoms in total. The zero-order valence-corrected chi connectivity index (χ0v) is 11.7. The van der Waals surface area contributed by atoms with Crippen LogP contribution < -0.4 is 9.47 Å². The van der Waals surface area contributed by atoms with Crippen LogP contribution in [0.5, 0.6) is 11.5 Å². The van der Waals surface area contributed by atoms with Crippen molar-refractivity contribution in [2.24, 2.45) is 0 Å². The summed E-state index contributed by atoms with van der Waals surface area (Å²) >= 11 is 0. The number of hydrogen-bond acceptors (Lipinski definition) is 4. The minimum absolute atomic E-state index is 0.0423. The molecule has 1 heterocycles. The largest absolute Gasteiger partial charge is 0.493 e. The van der Waals surface area contributed by atoms with E-state index in [2.05, 4.69) is 13.0 Å². The van der Waals surface area contributed by atoms with Gasteiger partial charge < -0.3 is 14.2 Å². The summed E-state index contributed by atoms with van der Waals surface area (Å²) in [5.74, 6) is 1.46. The Morgan fingerprint density at radius 2 is 1.89 bits per heavy atom. The van der Waals surface area contributed by atoms with Crippen molar-refractivity contribution >= 4 is 0 Å². The van der Waals surface area contributed by atoms with Crippen LogP contribution in [-0.4, -0.2) is 27.4 Å². The standard InChI is InChI=1S/C15H19NO3/c1-11-7-13(17-2)14(18-3)8-12(11)15(5-4-6-16)9-19-10-15/h7-8H,4-5,9-10H2,1-3H3. The summed E-state index contributed by atoms with van der Waals surface area (Å²) in [6.07, 6.45) is 1.36. The predicted molar refractivity (Wildman–Crippen MR) is 71.6 cm³/mol. The van der Waals surface area contributed by atoms with Crippen molar-refractivity contribution in [2.45, 2.75) is 25.2 Å². The van der Waals surface area contributed by atoms with Gasteiger partial charge in [-0.25, -0.2) is 0 Å². The third kappa shape index (κ3) is 2.39. The second-order valence-electron chi connectivity index (χ2n) is 4.95. The van der Waals surface area contributed by atoms with E-state index in [9.17, 15) is 0 Å². The van der Waals surface area contributed by atoms with Crippen molar-refractivity contribution in [1.29, 1.82) is 5.26 Å². The van der Waals surface area contributed by atoms with E-state index >= 15 is 0 Å². The van der Waals surface area contributed by atoms with E-state index in [0.29, 0.717) is 19.6 Å². The van der Waals surface area contributed by atoms with Gasteiger partial charge in [-0.2, -0.15) is 5.26 Å².